The molecule has 90 valence electrons. The maximum atomic E-state index is 5.93. The van der Waals surface area contributed by atoms with Gasteiger partial charge in [0, 0.05) is 6.54 Å². The molecule has 6 heteroatoms. The summed E-state index contributed by atoms with van der Waals surface area (Å²) >= 11 is 5.93. The smallest absolute Gasteiger partial charge is 0.245 e. The van der Waals surface area contributed by atoms with E-state index in [1.54, 1.807) is 7.11 Å². The normalized spacial score (nSPS) is 15.4. The zero-order chi connectivity index (χ0) is 11.8. The molecule has 0 bridgehead atoms. The van der Waals surface area contributed by atoms with Gasteiger partial charge in [0.15, 0.2) is 11.2 Å². The first kappa shape index (κ1) is 10.8. The van der Waals surface area contributed by atoms with E-state index in [-0.39, 0.29) is 0 Å². The molecule has 0 unspecified atom stereocenters. The number of alkyl halides is 1. The van der Waals surface area contributed by atoms with Gasteiger partial charge in [0.05, 0.1) is 13.0 Å². The van der Waals surface area contributed by atoms with Crippen molar-refractivity contribution in [2.75, 3.05) is 7.11 Å². The van der Waals surface area contributed by atoms with Crippen LogP contribution in [0.1, 0.15) is 18.7 Å². The molecule has 3 rings (SSSR count). The van der Waals surface area contributed by atoms with E-state index >= 15 is 0 Å². The first-order chi connectivity index (χ1) is 8.33. The number of rotatable bonds is 4. The number of aromatic nitrogens is 4. The Kier molecular flexibility index (Phi) is 2.63. The SMILES string of the molecule is COc1ncnc2c1nc(CCl)n2CC1CC1. The predicted molar refractivity (Wildman–Crippen MR) is 64.2 cm³/mol. The molecule has 0 aromatic carbocycles. The van der Waals surface area contributed by atoms with Crippen LogP contribution in [0.25, 0.3) is 11.2 Å². The fourth-order valence-corrected chi connectivity index (χ4v) is 2.17. The Hall–Kier alpha value is -1.36. The van der Waals surface area contributed by atoms with E-state index in [9.17, 15) is 0 Å². The van der Waals surface area contributed by atoms with Gasteiger partial charge in [-0.1, -0.05) is 0 Å². The van der Waals surface area contributed by atoms with Crippen LogP contribution >= 0.6 is 11.6 Å². The zero-order valence-corrected chi connectivity index (χ0v) is 10.3. The summed E-state index contributed by atoms with van der Waals surface area (Å²) in [6.07, 6.45) is 4.07. The number of imidazole rings is 1. The third-order valence-electron chi connectivity index (χ3n) is 3.03. The van der Waals surface area contributed by atoms with Gasteiger partial charge in [0.25, 0.3) is 0 Å². The lowest BCUT2D eigenvalue weighted by Gasteiger charge is -2.05. The van der Waals surface area contributed by atoms with Crippen LogP contribution in [0.15, 0.2) is 6.33 Å². The molecule has 1 saturated carbocycles. The van der Waals surface area contributed by atoms with Crippen LogP contribution in [-0.2, 0) is 12.4 Å². The summed E-state index contributed by atoms with van der Waals surface area (Å²) < 4.78 is 7.28. The number of methoxy groups -OCH3 is 1. The van der Waals surface area contributed by atoms with Gasteiger partial charge in [-0.15, -0.1) is 11.6 Å². The maximum absolute atomic E-state index is 5.93. The van der Waals surface area contributed by atoms with Crippen LogP contribution in [0.4, 0.5) is 0 Å². The van der Waals surface area contributed by atoms with Gasteiger partial charge in [-0.05, 0) is 18.8 Å². The van der Waals surface area contributed by atoms with Gasteiger partial charge >= 0.3 is 0 Å². The van der Waals surface area contributed by atoms with Crippen LogP contribution in [0.2, 0.25) is 0 Å². The van der Waals surface area contributed by atoms with Crippen molar-refractivity contribution in [3.05, 3.63) is 12.2 Å². The lowest BCUT2D eigenvalue weighted by molar-refractivity contribution is 0.401. The summed E-state index contributed by atoms with van der Waals surface area (Å²) in [4.78, 5) is 12.8. The molecule has 17 heavy (non-hydrogen) atoms. The molecule has 0 spiro atoms. The van der Waals surface area contributed by atoms with Gasteiger partial charge < -0.3 is 9.30 Å². The monoisotopic (exact) mass is 252 g/mol. The minimum atomic E-state index is 0.381. The van der Waals surface area contributed by atoms with E-state index in [4.69, 9.17) is 16.3 Å². The van der Waals surface area contributed by atoms with Crippen LogP contribution in [0.5, 0.6) is 5.88 Å². The number of halogens is 1. The average Bonchev–Trinajstić information content (AvgIpc) is 3.10. The highest BCUT2D eigenvalue weighted by Gasteiger charge is 2.25. The Bertz CT molecular complexity index is 550. The summed E-state index contributed by atoms with van der Waals surface area (Å²) in [7, 11) is 1.59. The predicted octanol–water partition coefficient (Wildman–Crippen LogP) is 1.98. The first-order valence-electron chi connectivity index (χ1n) is 5.63. The van der Waals surface area contributed by atoms with Crippen LogP contribution in [0, 0.1) is 5.92 Å². The number of hydrogen-bond acceptors (Lipinski definition) is 4. The number of nitrogens with zero attached hydrogens (tertiary/aromatic N) is 4. The zero-order valence-electron chi connectivity index (χ0n) is 9.56. The van der Waals surface area contributed by atoms with E-state index in [0.717, 1.165) is 23.9 Å². The molecule has 0 atom stereocenters. The highest BCUT2D eigenvalue weighted by molar-refractivity contribution is 6.16. The molecule has 1 aliphatic rings. The summed E-state index contributed by atoms with van der Waals surface area (Å²) in [5, 5.41) is 0. The lowest BCUT2D eigenvalue weighted by atomic mass is 10.4. The molecule has 0 saturated heterocycles. The average molecular weight is 253 g/mol. The fraction of sp³-hybridized carbons (Fsp3) is 0.545. The summed E-state index contributed by atoms with van der Waals surface area (Å²) in [6.45, 7) is 0.943. The van der Waals surface area contributed by atoms with E-state index in [2.05, 4.69) is 19.5 Å². The molecule has 1 aliphatic carbocycles. The van der Waals surface area contributed by atoms with Crippen molar-refractivity contribution < 1.29 is 4.74 Å². The molecule has 2 heterocycles. The van der Waals surface area contributed by atoms with Crippen molar-refractivity contribution in [1.82, 2.24) is 19.5 Å². The van der Waals surface area contributed by atoms with Crippen molar-refractivity contribution in [3.8, 4) is 5.88 Å². The Morgan fingerprint density at radius 1 is 1.47 bits per heavy atom. The number of hydrogen-bond donors (Lipinski definition) is 0. The van der Waals surface area contributed by atoms with Crippen LogP contribution in [-0.4, -0.2) is 26.6 Å². The van der Waals surface area contributed by atoms with Gasteiger partial charge in [-0.3, -0.25) is 0 Å². The molecule has 0 N–H and O–H groups in total. The van der Waals surface area contributed by atoms with Gasteiger partial charge in [0.2, 0.25) is 5.88 Å². The van der Waals surface area contributed by atoms with Crippen molar-refractivity contribution in [2.45, 2.75) is 25.3 Å². The van der Waals surface area contributed by atoms with Crippen molar-refractivity contribution in [1.29, 1.82) is 0 Å². The quantitative estimate of drug-likeness (QED) is 0.781. The molecule has 2 aromatic heterocycles. The maximum Gasteiger partial charge on any atom is 0.245 e. The minimum Gasteiger partial charge on any atom is -0.479 e. The fourth-order valence-electron chi connectivity index (χ4n) is 1.96. The van der Waals surface area contributed by atoms with Gasteiger partial charge in [-0.2, -0.15) is 4.98 Å². The molecule has 0 radical (unpaired) electrons. The molecular weight excluding hydrogens is 240 g/mol. The van der Waals surface area contributed by atoms with Crippen LogP contribution < -0.4 is 4.74 Å². The highest BCUT2D eigenvalue weighted by Crippen LogP contribution is 2.33. The number of fused-ring (bicyclic) bond motifs is 1. The second-order valence-corrected chi connectivity index (χ2v) is 4.54. The van der Waals surface area contributed by atoms with Gasteiger partial charge in [0.1, 0.15) is 12.2 Å². The van der Waals surface area contributed by atoms with Crippen molar-refractivity contribution in [3.63, 3.8) is 0 Å². The minimum absolute atomic E-state index is 0.381. The van der Waals surface area contributed by atoms with E-state index in [0.29, 0.717) is 17.3 Å². The van der Waals surface area contributed by atoms with Crippen molar-refractivity contribution in [2.24, 2.45) is 5.92 Å². The van der Waals surface area contributed by atoms with Crippen molar-refractivity contribution >= 4 is 22.8 Å². The summed E-state index contributed by atoms with van der Waals surface area (Å²) in [5.74, 6) is 2.48. The third kappa shape index (κ3) is 1.84. The summed E-state index contributed by atoms with van der Waals surface area (Å²) in [6, 6.07) is 0. The molecule has 0 aliphatic heterocycles. The summed E-state index contributed by atoms with van der Waals surface area (Å²) in [5.41, 5.74) is 1.52. The third-order valence-corrected chi connectivity index (χ3v) is 3.27. The molecular formula is C11H13ClN4O. The van der Waals surface area contributed by atoms with E-state index in [1.165, 1.54) is 19.2 Å². The topological polar surface area (TPSA) is 52.8 Å². The Balaban J connectivity index is 2.15. The van der Waals surface area contributed by atoms with Crippen LogP contribution in [0.3, 0.4) is 0 Å². The standard InChI is InChI=1S/C11H13ClN4O/c1-17-11-9-10(13-6-14-11)16(5-7-2-3-7)8(4-12)15-9/h6-7H,2-5H2,1H3. The molecule has 1 fully saturated rings. The molecule has 2 aromatic rings. The van der Waals surface area contributed by atoms with E-state index in [1.807, 2.05) is 0 Å². The second-order valence-electron chi connectivity index (χ2n) is 4.27. The largest absolute Gasteiger partial charge is 0.479 e. The Morgan fingerprint density at radius 2 is 2.29 bits per heavy atom. The lowest BCUT2D eigenvalue weighted by Crippen LogP contribution is -2.04. The first-order valence-corrected chi connectivity index (χ1v) is 6.17. The van der Waals surface area contributed by atoms with E-state index < -0.39 is 0 Å². The second kappa shape index (κ2) is 4.14. The highest BCUT2D eigenvalue weighted by atomic mass is 35.5. The Morgan fingerprint density at radius 3 is 2.94 bits per heavy atom. The molecule has 0 amide bonds. The number of ether oxygens (including phenoxy) is 1. The Labute approximate surface area is 104 Å². The molecule has 5 nitrogen and oxygen atoms in total. The van der Waals surface area contributed by atoms with Gasteiger partial charge in [-0.25, -0.2) is 9.97 Å².